The summed E-state index contributed by atoms with van der Waals surface area (Å²) in [6, 6.07) is 11.5. The summed E-state index contributed by atoms with van der Waals surface area (Å²) in [6.07, 6.45) is 1.76. The summed E-state index contributed by atoms with van der Waals surface area (Å²) in [5.74, 6) is -0.223. The number of rotatable bonds is 3. The van der Waals surface area contributed by atoms with E-state index >= 15 is 0 Å². The summed E-state index contributed by atoms with van der Waals surface area (Å²) < 4.78 is 1.76. The number of urea groups is 1. The Labute approximate surface area is 177 Å². The zero-order valence-electron chi connectivity index (χ0n) is 17.0. The molecule has 2 aromatic carbocycles. The molecule has 1 fully saturated rings. The maximum atomic E-state index is 12.5. The van der Waals surface area contributed by atoms with Gasteiger partial charge in [-0.25, -0.2) is 9.59 Å². The Kier molecular flexibility index (Phi) is 3.57. The lowest BCUT2D eigenvalue weighted by Gasteiger charge is -2.27. The lowest BCUT2D eigenvalue weighted by molar-refractivity contribution is -0.125. The van der Waals surface area contributed by atoms with Crippen molar-refractivity contribution in [3.05, 3.63) is 58.0 Å². The van der Waals surface area contributed by atoms with Gasteiger partial charge in [-0.1, -0.05) is 12.1 Å². The molecule has 3 aromatic rings. The average molecular weight is 418 g/mol. The quantitative estimate of drug-likeness (QED) is 0.483. The number of aromatic amines is 1. The zero-order valence-corrected chi connectivity index (χ0v) is 17.0. The first-order chi connectivity index (χ1) is 14.9. The number of amides is 3. The standard InChI is InChI=1S/C22H22N6O3/c1-27-20(30)26-19(29)22(27)10-12-8-15-16(9-13(12)11-22)24-18(23-15)6-7-28-17-5-3-2-4-14(17)25-21(28)31/h2-5,8-9,18,23-24H,6-7,10-11H2,1H3,(H,25,31)(H,26,29,30). The Hall–Kier alpha value is -3.75. The van der Waals surface area contributed by atoms with Crippen LogP contribution < -0.4 is 21.6 Å². The molecule has 0 radical (unpaired) electrons. The highest BCUT2D eigenvalue weighted by molar-refractivity contribution is 6.07. The van der Waals surface area contributed by atoms with Gasteiger partial charge in [0.25, 0.3) is 5.91 Å². The molecule has 1 spiro atoms. The molecular formula is C22H22N6O3. The largest absolute Gasteiger partial charge is 0.364 e. The molecule has 2 aliphatic heterocycles. The topological polar surface area (TPSA) is 111 Å². The number of imide groups is 1. The number of hydrogen-bond acceptors (Lipinski definition) is 5. The van der Waals surface area contributed by atoms with E-state index < -0.39 is 5.54 Å². The average Bonchev–Trinajstić information content (AvgIpc) is 3.45. The molecule has 0 bridgehead atoms. The van der Waals surface area contributed by atoms with E-state index in [1.807, 2.05) is 24.3 Å². The molecule has 158 valence electrons. The predicted octanol–water partition coefficient (Wildman–Crippen LogP) is 1.60. The van der Waals surface area contributed by atoms with Gasteiger partial charge in [0.2, 0.25) is 0 Å². The molecule has 0 unspecified atom stereocenters. The van der Waals surface area contributed by atoms with E-state index in [1.54, 1.807) is 11.6 Å². The fourth-order valence-corrected chi connectivity index (χ4v) is 5.13. The van der Waals surface area contributed by atoms with Crippen LogP contribution >= 0.6 is 0 Å². The van der Waals surface area contributed by atoms with Crippen molar-refractivity contribution in [1.82, 2.24) is 19.8 Å². The van der Waals surface area contributed by atoms with Crippen molar-refractivity contribution in [1.29, 1.82) is 0 Å². The SMILES string of the molecule is CN1C(=O)NC(=O)C12Cc1cc3c(cc1C2)NC(CCn1c(=O)[nH]c2ccccc21)N3. The number of carbonyl (C=O) groups excluding carboxylic acids is 2. The van der Waals surface area contributed by atoms with Gasteiger partial charge in [-0.3, -0.25) is 14.7 Å². The summed E-state index contributed by atoms with van der Waals surface area (Å²) in [5.41, 5.74) is 4.96. The molecule has 1 aliphatic carbocycles. The van der Waals surface area contributed by atoms with Gasteiger partial charge < -0.3 is 20.5 Å². The second kappa shape index (κ2) is 6.13. The lowest BCUT2D eigenvalue weighted by atomic mass is 9.95. The van der Waals surface area contributed by atoms with Crippen LogP contribution in [0, 0.1) is 0 Å². The summed E-state index contributed by atoms with van der Waals surface area (Å²) in [5, 5.41) is 9.41. The number of likely N-dealkylation sites (N-methyl/N-ethyl adjacent to an activating group) is 1. The molecule has 9 nitrogen and oxygen atoms in total. The van der Waals surface area contributed by atoms with Gasteiger partial charge in [0.15, 0.2) is 0 Å². The third kappa shape index (κ3) is 2.52. The first-order valence-electron chi connectivity index (χ1n) is 10.4. The van der Waals surface area contributed by atoms with Gasteiger partial charge in [0.1, 0.15) is 5.54 Å². The smallest absolute Gasteiger partial charge is 0.326 e. The van der Waals surface area contributed by atoms with Crippen LogP contribution in [0.1, 0.15) is 17.5 Å². The number of benzene rings is 2. The molecule has 3 heterocycles. The van der Waals surface area contributed by atoms with E-state index in [4.69, 9.17) is 0 Å². The van der Waals surface area contributed by atoms with Crippen molar-refractivity contribution in [2.24, 2.45) is 0 Å². The fourth-order valence-electron chi connectivity index (χ4n) is 5.13. The van der Waals surface area contributed by atoms with Gasteiger partial charge in [-0.15, -0.1) is 0 Å². The molecule has 3 aliphatic rings. The number of aryl methyl sites for hydroxylation is 1. The molecule has 6 rings (SSSR count). The van der Waals surface area contributed by atoms with E-state index in [9.17, 15) is 14.4 Å². The van der Waals surface area contributed by atoms with Crippen LogP contribution in [0.2, 0.25) is 0 Å². The minimum atomic E-state index is -0.815. The normalized spacial score (nSPS) is 18.9. The van der Waals surface area contributed by atoms with Crippen LogP contribution in [0.25, 0.3) is 11.0 Å². The van der Waals surface area contributed by atoms with Crippen LogP contribution in [0.5, 0.6) is 0 Å². The van der Waals surface area contributed by atoms with Crippen LogP contribution in [0.15, 0.2) is 41.2 Å². The first-order valence-corrected chi connectivity index (χ1v) is 10.4. The number of H-pyrrole nitrogens is 1. The molecule has 1 saturated heterocycles. The number of anilines is 2. The van der Waals surface area contributed by atoms with Crippen molar-refractivity contribution in [2.75, 3.05) is 17.7 Å². The third-order valence-electron chi connectivity index (χ3n) is 6.88. The van der Waals surface area contributed by atoms with Gasteiger partial charge in [-0.05, 0) is 35.4 Å². The number of aromatic nitrogens is 2. The van der Waals surface area contributed by atoms with Crippen molar-refractivity contribution >= 4 is 34.3 Å². The van der Waals surface area contributed by atoms with Crippen molar-refractivity contribution in [2.45, 2.75) is 37.5 Å². The lowest BCUT2D eigenvalue weighted by Crippen LogP contribution is -2.48. The minimum absolute atomic E-state index is 0.00563. The highest BCUT2D eigenvalue weighted by Crippen LogP contribution is 2.42. The maximum Gasteiger partial charge on any atom is 0.326 e. The zero-order chi connectivity index (χ0) is 21.3. The molecule has 4 N–H and O–H groups in total. The molecule has 0 atom stereocenters. The summed E-state index contributed by atoms with van der Waals surface area (Å²) in [6.45, 7) is 0.581. The second-order valence-electron chi connectivity index (χ2n) is 8.60. The Balaban J connectivity index is 1.19. The number of nitrogens with zero attached hydrogens (tertiary/aromatic N) is 2. The second-order valence-corrected chi connectivity index (χ2v) is 8.60. The Morgan fingerprint density at radius 3 is 2.35 bits per heavy atom. The summed E-state index contributed by atoms with van der Waals surface area (Å²) in [7, 11) is 1.68. The Morgan fingerprint density at radius 2 is 1.71 bits per heavy atom. The van der Waals surface area contributed by atoms with E-state index in [-0.39, 0.29) is 23.8 Å². The van der Waals surface area contributed by atoms with Gasteiger partial charge in [0, 0.05) is 32.9 Å². The highest BCUT2D eigenvalue weighted by Gasteiger charge is 2.54. The summed E-state index contributed by atoms with van der Waals surface area (Å²) in [4.78, 5) is 41.2. The fraction of sp³-hybridized carbons (Fsp3) is 0.318. The van der Waals surface area contributed by atoms with E-state index in [0.29, 0.717) is 19.4 Å². The Morgan fingerprint density at radius 1 is 1.03 bits per heavy atom. The molecule has 3 amide bonds. The predicted molar refractivity (Wildman–Crippen MR) is 116 cm³/mol. The van der Waals surface area contributed by atoms with E-state index in [0.717, 1.165) is 40.0 Å². The molecule has 0 saturated carbocycles. The van der Waals surface area contributed by atoms with Crippen LogP contribution in [-0.2, 0) is 24.2 Å². The van der Waals surface area contributed by atoms with Crippen LogP contribution in [-0.4, -0.2) is 45.1 Å². The Bertz CT molecular complexity index is 1290. The van der Waals surface area contributed by atoms with E-state index in [2.05, 4.69) is 33.1 Å². The monoisotopic (exact) mass is 418 g/mol. The van der Waals surface area contributed by atoms with Crippen LogP contribution in [0.3, 0.4) is 0 Å². The van der Waals surface area contributed by atoms with Gasteiger partial charge in [0.05, 0.1) is 28.6 Å². The van der Waals surface area contributed by atoms with Crippen molar-refractivity contribution in [3.8, 4) is 0 Å². The van der Waals surface area contributed by atoms with Gasteiger partial charge >= 0.3 is 11.7 Å². The molecular weight excluding hydrogens is 396 g/mol. The van der Waals surface area contributed by atoms with Crippen LogP contribution in [0.4, 0.5) is 16.2 Å². The number of carbonyl (C=O) groups is 2. The molecule has 9 heteroatoms. The number of hydrogen-bond donors (Lipinski definition) is 4. The van der Waals surface area contributed by atoms with Crippen molar-refractivity contribution in [3.63, 3.8) is 0 Å². The number of para-hydroxylation sites is 2. The first kappa shape index (κ1) is 18.1. The van der Waals surface area contributed by atoms with Crippen molar-refractivity contribution < 1.29 is 9.59 Å². The number of fused-ring (bicyclic) bond motifs is 3. The number of nitrogens with one attached hydrogen (secondary N) is 4. The minimum Gasteiger partial charge on any atom is -0.364 e. The number of imidazole rings is 1. The maximum absolute atomic E-state index is 12.5. The molecule has 31 heavy (non-hydrogen) atoms. The third-order valence-corrected chi connectivity index (χ3v) is 6.88. The van der Waals surface area contributed by atoms with Gasteiger partial charge in [-0.2, -0.15) is 0 Å². The molecule has 1 aromatic heterocycles. The highest BCUT2D eigenvalue weighted by atomic mass is 16.2. The van der Waals surface area contributed by atoms with E-state index in [1.165, 1.54) is 4.90 Å². The summed E-state index contributed by atoms with van der Waals surface area (Å²) >= 11 is 0.